The lowest BCUT2D eigenvalue weighted by Gasteiger charge is -2.28. The second kappa shape index (κ2) is 10.1. The summed E-state index contributed by atoms with van der Waals surface area (Å²) in [4.78, 5) is 26.4. The number of nitrogens with zero attached hydrogens (tertiary/aromatic N) is 1. The molecular weight excluding hydrogens is 373 g/mol. The van der Waals surface area contributed by atoms with Gasteiger partial charge in [-0.3, -0.25) is 9.59 Å². The first-order valence-corrected chi connectivity index (χ1v) is 9.76. The molecule has 26 heavy (non-hydrogen) atoms. The third kappa shape index (κ3) is 6.78. The summed E-state index contributed by atoms with van der Waals surface area (Å²) >= 11 is 11.9. The number of carbonyl (C=O) groups is 2. The molecule has 2 amide bonds. The van der Waals surface area contributed by atoms with Gasteiger partial charge in [-0.25, -0.2) is 0 Å². The molecule has 0 spiro atoms. The zero-order valence-corrected chi connectivity index (χ0v) is 16.9. The molecule has 144 valence electrons. The van der Waals surface area contributed by atoms with Gasteiger partial charge < -0.3 is 15.5 Å². The molecule has 0 radical (unpaired) electrons. The van der Waals surface area contributed by atoms with Gasteiger partial charge in [0.2, 0.25) is 11.8 Å². The standard InChI is InChI=1S/C19H27Cl2N3O2/c1-24(2)10-9-22-19(26)14-4-6-15(7-5-14)23-18(25)12-13-3-8-16(20)17(21)11-13/h3,8,11,14-15H,4-7,9-10,12H2,1-2H3,(H,22,26)(H,23,25). The fraction of sp³-hybridized carbons (Fsp3) is 0.579. The largest absolute Gasteiger partial charge is 0.355 e. The second-order valence-corrected chi connectivity index (χ2v) is 7.95. The van der Waals surface area contributed by atoms with Crippen LogP contribution in [-0.2, 0) is 16.0 Å². The molecule has 0 aliphatic heterocycles. The molecule has 0 atom stereocenters. The quantitative estimate of drug-likeness (QED) is 0.740. The molecular formula is C19H27Cl2N3O2. The van der Waals surface area contributed by atoms with Crippen molar-refractivity contribution < 1.29 is 9.59 Å². The smallest absolute Gasteiger partial charge is 0.224 e. The van der Waals surface area contributed by atoms with Crippen LogP contribution in [0.15, 0.2) is 18.2 Å². The molecule has 0 unspecified atom stereocenters. The van der Waals surface area contributed by atoms with E-state index in [1.807, 2.05) is 25.1 Å². The third-order valence-corrected chi connectivity index (χ3v) is 5.41. The van der Waals surface area contributed by atoms with Crippen LogP contribution in [0.4, 0.5) is 0 Å². The Morgan fingerprint density at radius 1 is 1.12 bits per heavy atom. The van der Waals surface area contributed by atoms with Crippen molar-refractivity contribution in [2.75, 3.05) is 27.2 Å². The molecule has 0 saturated heterocycles. The highest BCUT2D eigenvalue weighted by atomic mass is 35.5. The predicted octanol–water partition coefficient (Wildman–Crippen LogP) is 2.89. The van der Waals surface area contributed by atoms with Crippen molar-refractivity contribution in [2.45, 2.75) is 38.1 Å². The van der Waals surface area contributed by atoms with Crippen LogP contribution in [0.5, 0.6) is 0 Å². The van der Waals surface area contributed by atoms with Crippen molar-refractivity contribution in [3.8, 4) is 0 Å². The number of amides is 2. The van der Waals surface area contributed by atoms with Crippen LogP contribution < -0.4 is 10.6 Å². The minimum atomic E-state index is -0.0257. The minimum Gasteiger partial charge on any atom is -0.355 e. The molecule has 1 aromatic rings. The van der Waals surface area contributed by atoms with Crippen LogP contribution in [0, 0.1) is 5.92 Å². The Kier molecular flexibility index (Phi) is 8.19. The Morgan fingerprint density at radius 3 is 2.42 bits per heavy atom. The van der Waals surface area contributed by atoms with Crippen molar-refractivity contribution >= 4 is 35.0 Å². The Bertz CT molecular complexity index is 629. The van der Waals surface area contributed by atoms with Gasteiger partial charge in [-0.05, 0) is 57.5 Å². The van der Waals surface area contributed by atoms with Crippen molar-refractivity contribution in [1.82, 2.24) is 15.5 Å². The Morgan fingerprint density at radius 2 is 1.81 bits per heavy atom. The summed E-state index contributed by atoms with van der Waals surface area (Å²) in [5, 5.41) is 7.00. The van der Waals surface area contributed by atoms with Crippen LogP contribution in [0.25, 0.3) is 0 Å². The fourth-order valence-electron chi connectivity index (χ4n) is 3.16. The van der Waals surface area contributed by atoms with Gasteiger partial charge in [-0.2, -0.15) is 0 Å². The second-order valence-electron chi connectivity index (χ2n) is 7.14. The van der Waals surface area contributed by atoms with Crippen LogP contribution in [0.1, 0.15) is 31.2 Å². The normalized spacial score (nSPS) is 20.0. The lowest BCUT2D eigenvalue weighted by atomic mass is 9.85. The number of benzene rings is 1. The number of likely N-dealkylation sites (N-methyl/N-ethyl adjacent to an activating group) is 1. The highest BCUT2D eigenvalue weighted by Gasteiger charge is 2.26. The minimum absolute atomic E-state index is 0.0257. The summed E-state index contributed by atoms with van der Waals surface area (Å²) in [5.74, 6) is 0.162. The molecule has 1 aromatic carbocycles. The molecule has 1 saturated carbocycles. The van der Waals surface area contributed by atoms with Crippen LogP contribution in [-0.4, -0.2) is 49.9 Å². The molecule has 7 heteroatoms. The molecule has 0 aromatic heterocycles. The summed E-state index contributed by atoms with van der Waals surface area (Å²) in [5.41, 5.74) is 0.839. The topological polar surface area (TPSA) is 61.4 Å². The first kappa shape index (κ1) is 21.0. The molecule has 1 aliphatic rings. The molecule has 2 rings (SSSR count). The average molecular weight is 400 g/mol. The van der Waals surface area contributed by atoms with Gasteiger partial charge >= 0.3 is 0 Å². The van der Waals surface area contributed by atoms with E-state index in [0.717, 1.165) is 37.8 Å². The summed E-state index contributed by atoms with van der Waals surface area (Å²) in [6, 6.07) is 5.37. The molecule has 5 nitrogen and oxygen atoms in total. The zero-order valence-electron chi connectivity index (χ0n) is 15.4. The molecule has 0 bridgehead atoms. The fourth-order valence-corrected chi connectivity index (χ4v) is 3.48. The molecule has 0 heterocycles. The van der Waals surface area contributed by atoms with E-state index >= 15 is 0 Å². The van der Waals surface area contributed by atoms with E-state index < -0.39 is 0 Å². The van der Waals surface area contributed by atoms with Crippen molar-refractivity contribution in [3.63, 3.8) is 0 Å². The molecule has 2 N–H and O–H groups in total. The summed E-state index contributed by atoms with van der Waals surface area (Å²) in [7, 11) is 3.97. The highest BCUT2D eigenvalue weighted by Crippen LogP contribution is 2.25. The Balaban J connectivity index is 1.71. The van der Waals surface area contributed by atoms with Gasteiger partial charge in [-0.1, -0.05) is 29.3 Å². The van der Waals surface area contributed by atoms with Gasteiger partial charge in [0.1, 0.15) is 0 Å². The predicted molar refractivity (Wildman–Crippen MR) is 106 cm³/mol. The maximum absolute atomic E-state index is 12.2. The summed E-state index contributed by atoms with van der Waals surface area (Å²) < 4.78 is 0. The van der Waals surface area contributed by atoms with Crippen LogP contribution >= 0.6 is 23.2 Å². The van der Waals surface area contributed by atoms with E-state index in [1.165, 1.54) is 0 Å². The summed E-state index contributed by atoms with van der Waals surface area (Å²) in [6.07, 6.45) is 3.57. The Labute approximate surface area is 165 Å². The first-order valence-electron chi connectivity index (χ1n) is 9.01. The van der Waals surface area contributed by atoms with E-state index in [1.54, 1.807) is 12.1 Å². The van der Waals surface area contributed by atoms with Crippen molar-refractivity contribution in [1.29, 1.82) is 0 Å². The van der Waals surface area contributed by atoms with Gasteiger partial charge in [0, 0.05) is 25.0 Å². The van der Waals surface area contributed by atoms with Crippen molar-refractivity contribution in [2.24, 2.45) is 5.92 Å². The molecule has 1 fully saturated rings. The lowest BCUT2D eigenvalue weighted by Crippen LogP contribution is -2.42. The number of carbonyl (C=O) groups excluding carboxylic acids is 2. The van der Waals surface area contributed by atoms with E-state index in [9.17, 15) is 9.59 Å². The van der Waals surface area contributed by atoms with Gasteiger partial charge in [0.05, 0.1) is 16.5 Å². The number of rotatable bonds is 7. The van der Waals surface area contributed by atoms with Crippen LogP contribution in [0.3, 0.4) is 0 Å². The number of hydrogen-bond donors (Lipinski definition) is 2. The number of nitrogens with one attached hydrogen (secondary N) is 2. The number of halogens is 2. The van der Waals surface area contributed by atoms with E-state index in [-0.39, 0.29) is 30.2 Å². The maximum atomic E-state index is 12.2. The first-order chi connectivity index (χ1) is 12.3. The van der Waals surface area contributed by atoms with E-state index in [2.05, 4.69) is 10.6 Å². The zero-order chi connectivity index (χ0) is 19.1. The van der Waals surface area contributed by atoms with Gasteiger partial charge in [-0.15, -0.1) is 0 Å². The van der Waals surface area contributed by atoms with Gasteiger partial charge in [0.25, 0.3) is 0 Å². The average Bonchev–Trinajstić information content (AvgIpc) is 2.58. The van der Waals surface area contributed by atoms with E-state index in [4.69, 9.17) is 23.2 Å². The third-order valence-electron chi connectivity index (χ3n) is 4.67. The SMILES string of the molecule is CN(C)CCNC(=O)C1CCC(NC(=O)Cc2ccc(Cl)c(Cl)c2)CC1. The highest BCUT2D eigenvalue weighted by molar-refractivity contribution is 6.42. The monoisotopic (exact) mass is 399 g/mol. The Hall–Kier alpha value is -1.30. The maximum Gasteiger partial charge on any atom is 0.224 e. The van der Waals surface area contributed by atoms with Crippen molar-refractivity contribution in [3.05, 3.63) is 33.8 Å². The lowest BCUT2D eigenvalue weighted by molar-refractivity contribution is -0.126. The molecule has 1 aliphatic carbocycles. The van der Waals surface area contributed by atoms with Gasteiger partial charge in [0.15, 0.2) is 0 Å². The van der Waals surface area contributed by atoms with Crippen LogP contribution in [0.2, 0.25) is 10.0 Å². The number of hydrogen-bond acceptors (Lipinski definition) is 3. The summed E-state index contributed by atoms with van der Waals surface area (Å²) in [6.45, 7) is 1.51. The van der Waals surface area contributed by atoms with E-state index in [0.29, 0.717) is 16.6 Å².